The number of carbonyl (C=O) groups excluding carboxylic acids is 19. The Balaban J connectivity index is 3.48. The maximum absolute atomic E-state index is 14.4. The van der Waals surface area contributed by atoms with Crippen LogP contribution in [0.3, 0.4) is 0 Å². The minimum atomic E-state index is -2.02. The molecule has 52 nitrogen and oxygen atoms in total. The Kier molecular flexibility index (Phi) is 51.9. The fourth-order valence-electron chi connectivity index (χ4n) is 12.5. The van der Waals surface area contributed by atoms with Crippen molar-refractivity contribution in [3.05, 3.63) is 0 Å². The van der Waals surface area contributed by atoms with E-state index in [1.54, 1.807) is 13.8 Å². The topological polar surface area (TPSA) is 879 Å². The lowest BCUT2D eigenvalue weighted by Crippen LogP contribution is -2.63. The van der Waals surface area contributed by atoms with Gasteiger partial charge in [-0.15, -0.1) is 0 Å². The molecule has 1 saturated heterocycles. The molecule has 0 bridgehead atoms. The monoisotopic (exact) mass is 1880 g/mol. The van der Waals surface area contributed by atoms with Gasteiger partial charge in [0, 0.05) is 37.6 Å². The number of likely N-dealkylation sites (tertiary alicyclic amines) is 1. The van der Waals surface area contributed by atoms with Crippen LogP contribution in [0.25, 0.3) is 0 Å². The van der Waals surface area contributed by atoms with Gasteiger partial charge in [-0.1, -0.05) is 68.2 Å². The Bertz CT molecular complexity index is 3930. The second-order valence-corrected chi connectivity index (χ2v) is 32.2. The van der Waals surface area contributed by atoms with E-state index in [1.807, 2.05) is 0 Å². The molecule has 54 heteroatoms. The number of carboxylic acid groups (broad SMARTS) is 1. The number of aliphatic hydroxyl groups excluding tert-OH is 5. The van der Waals surface area contributed by atoms with Crippen molar-refractivity contribution in [2.45, 2.75) is 261 Å². The molecule has 0 aromatic carbocycles. The number of aliphatic hydroxyl groups is 5. The highest BCUT2D eigenvalue weighted by Crippen LogP contribution is 2.22. The van der Waals surface area contributed by atoms with Crippen LogP contribution in [-0.4, -0.2) is 332 Å². The number of hydrogen-bond acceptors (Lipinski definition) is 30. The summed E-state index contributed by atoms with van der Waals surface area (Å²) in [5.41, 5.74) is 43.5. The molecule has 37 N–H and O–H groups in total. The predicted molar refractivity (Wildman–Crippen MR) is 466 cm³/mol. The van der Waals surface area contributed by atoms with E-state index in [4.69, 9.17) is 45.9 Å². The van der Waals surface area contributed by atoms with Crippen LogP contribution in [0.2, 0.25) is 0 Å². The molecule has 0 aromatic rings. The van der Waals surface area contributed by atoms with E-state index >= 15 is 0 Å². The van der Waals surface area contributed by atoms with E-state index in [2.05, 4.69) is 115 Å². The number of nitrogens with two attached hydrogens (primary N) is 8. The van der Waals surface area contributed by atoms with E-state index in [1.165, 1.54) is 41.5 Å². The maximum Gasteiger partial charge on any atom is 0.326 e. The number of aliphatic imine (C=N–C) groups is 2. The van der Waals surface area contributed by atoms with Crippen molar-refractivity contribution >= 4 is 155 Å². The molecule has 1 aliphatic rings. The Labute approximate surface area is 755 Å². The van der Waals surface area contributed by atoms with Gasteiger partial charge in [-0.25, -0.2) is 4.79 Å². The average molecular weight is 1880 g/mol. The first-order valence-electron chi connectivity index (χ1n) is 41.5. The fourth-order valence-corrected chi connectivity index (χ4v) is 13.0. The third kappa shape index (κ3) is 39.9. The first-order valence-corrected chi connectivity index (χ1v) is 42.8. The summed E-state index contributed by atoms with van der Waals surface area (Å²) < 4.78 is 0. The average Bonchev–Trinajstić information content (AvgIpc) is 1.73. The highest BCUT2D eigenvalue weighted by Gasteiger charge is 2.44. The molecule has 1 rings (SSSR count). The van der Waals surface area contributed by atoms with Gasteiger partial charge in [-0.05, 0) is 82.5 Å². The number of aliphatic carboxylic acids is 1. The summed E-state index contributed by atoms with van der Waals surface area (Å²) in [5, 5.41) is 97.0. The van der Waals surface area contributed by atoms with Crippen LogP contribution in [0.1, 0.15) is 146 Å². The van der Waals surface area contributed by atoms with Crippen molar-refractivity contribution in [1.82, 2.24) is 84.7 Å². The molecule has 0 aliphatic carbocycles. The standard InChI is InChI=1S/C75H132N26O26S2/c1-11-33(7)53(68(121)91-43(27-103)61(114)89-41(24-49(78)108)60(113)88-40(19-20-48(77)107)72(125)101-23-15-18-47(101)65(118)95-51(31(3)4)67(120)90-42(73(126)127)25-50(79)109)97-62(115)44(28-104)92-69(122)54(34(8)12-2)98-63(116)46(30-129)94-70(123)55(35(9)105)100-64(117)45(29-128)93-58(111)38(16-13-21-84-74(80)81)87-66(119)52(32(5)6)96-71(124)56(36(10)106)99-59(112)39(17-14-22-85-75(82)83)86-57(110)37(76)26-102/h31-47,51-56,102-106,128-129H,11-30,76H2,1-10H3,(H2,77,107)(H2,78,108)(H2,79,109)(H,86,110)(H,87,119)(H,88,113)(H,89,114)(H,90,120)(H,91,121)(H,92,122)(H,93,111)(H,94,123)(H,95,118)(H,96,124)(H,97,115)(H,98,116)(H,99,112)(H,100,117)(H,126,127)(H4,80,81,84)(H4,82,83,85)/t33-,34-,35+,36+,37-,38-,39-,40-,41-,42-,43-,44-,45-,46-,47-,51-,52-,53-,54-,55-,56-/m0/s1. The molecule has 0 radical (unpaired) electrons. The highest BCUT2D eigenvalue weighted by molar-refractivity contribution is 7.80. The van der Waals surface area contributed by atoms with E-state index in [-0.39, 0.29) is 82.9 Å². The zero-order valence-corrected chi connectivity index (χ0v) is 75.4. The number of primary amides is 3. The zero-order valence-electron chi connectivity index (χ0n) is 73.6. The number of nitrogens with one attached hydrogen (secondary N) is 15. The number of thiol groups is 2. The molecule has 1 aliphatic heterocycles. The second kappa shape index (κ2) is 58.1. The lowest BCUT2D eigenvalue weighted by atomic mass is 9.96. The smallest absolute Gasteiger partial charge is 0.326 e. The molecule has 0 saturated carbocycles. The van der Waals surface area contributed by atoms with Gasteiger partial charge >= 0.3 is 5.97 Å². The van der Waals surface area contributed by atoms with Crippen LogP contribution in [0.5, 0.6) is 0 Å². The maximum atomic E-state index is 14.4. The van der Waals surface area contributed by atoms with Gasteiger partial charge in [0.15, 0.2) is 11.9 Å². The molecule has 129 heavy (non-hydrogen) atoms. The largest absolute Gasteiger partial charge is 0.480 e. The second-order valence-electron chi connectivity index (χ2n) is 31.5. The fraction of sp³-hybridized carbons (Fsp3) is 0.707. The zero-order chi connectivity index (χ0) is 98.7. The highest BCUT2D eigenvalue weighted by atomic mass is 32.1. The molecule has 730 valence electrons. The van der Waals surface area contributed by atoms with Gasteiger partial charge in [0.2, 0.25) is 112 Å². The molecule has 0 spiro atoms. The van der Waals surface area contributed by atoms with Crippen molar-refractivity contribution in [3.8, 4) is 0 Å². The molecule has 1 fully saturated rings. The molecule has 0 unspecified atom stereocenters. The Hall–Kier alpha value is -11.6. The first kappa shape index (κ1) is 115. The SMILES string of the molecule is CC[C@H](C)[C@H](NC(=O)[C@H](CO)NC(=O)[C@@H](NC(=O)[C@H](CS)NC(=O)[C@@H](NC(=O)[C@H](CS)NC(=O)[C@H](CCCN=C(N)N)NC(=O)[C@@H](NC(=O)[C@@H](NC(=O)[C@H](CCCN=C(N)N)NC(=O)[C@@H](N)CO)[C@@H](C)O)C(C)C)[C@@H](C)O)[C@@H](C)CC)C(=O)N[C@@H](CO)C(=O)N[C@@H](CC(N)=O)C(=O)N[C@@H](CCC(N)=O)C(=O)N1CCC[C@H]1C(=O)N[C@H](C(=O)N[C@@H](CC(N)=O)C(=O)O)C(C)C. The van der Waals surface area contributed by atoms with Gasteiger partial charge < -0.3 is 161 Å². The van der Waals surface area contributed by atoms with Crippen molar-refractivity contribution in [2.75, 3.05) is 51.0 Å². The van der Waals surface area contributed by atoms with E-state index < -0.39 is 314 Å². The Morgan fingerprint density at radius 1 is 0.380 bits per heavy atom. The normalized spacial score (nSPS) is 17.0. The minimum Gasteiger partial charge on any atom is -0.480 e. The van der Waals surface area contributed by atoms with Gasteiger partial charge in [0.05, 0.1) is 44.9 Å². The van der Waals surface area contributed by atoms with Crippen LogP contribution in [0.4, 0.5) is 0 Å². The molecule has 19 amide bonds. The number of carbonyl (C=O) groups is 20. The number of amides is 19. The molecular weight excluding hydrogens is 1750 g/mol. The number of rotatable bonds is 60. The summed E-state index contributed by atoms with van der Waals surface area (Å²) in [6, 6.07) is -28.6. The molecule has 0 aromatic heterocycles. The summed E-state index contributed by atoms with van der Waals surface area (Å²) >= 11 is 8.43. The first-order chi connectivity index (χ1) is 60.3. The number of carboxylic acids is 1. The van der Waals surface area contributed by atoms with Crippen molar-refractivity contribution in [1.29, 1.82) is 0 Å². The van der Waals surface area contributed by atoms with Gasteiger partial charge in [-0.2, -0.15) is 25.3 Å². The summed E-state index contributed by atoms with van der Waals surface area (Å²) in [5.74, 6) is -27.5. The summed E-state index contributed by atoms with van der Waals surface area (Å²) in [4.78, 5) is 280. The van der Waals surface area contributed by atoms with E-state index in [0.717, 1.165) is 18.7 Å². The van der Waals surface area contributed by atoms with Crippen molar-refractivity contribution < 1.29 is 127 Å². The Morgan fingerprint density at radius 3 is 1.09 bits per heavy atom. The van der Waals surface area contributed by atoms with Crippen LogP contribution >= 0.6 is 25.3 Å². The van der Waals surface area contributed by atoms with Crippen LogP contribution in [0, 0.1) is 23.7 Å². The lowest BCUT2D eigenvalue weighted by molar-refractivity contribution is -0.145. The van der Waals surface area contributed by atoms with Gasteiger partial charge in [0.1, 0.15) is 103 Å². The summed E-state index contributed by atoms with van der Waals surface area (Å²) in [6.45, 7) is 10.9. The summed E-state index contributed by atoms with van der Waals surface area (Å²) in [6.07, 6.45) is -6.23. The number of nitrogens with zero attached hydrogens (tertiary/aromatic N) is 3. The third-order valence-electron chi connectivity index (χ3n) is 20.3. The van der Waals surface area contributed by atoms with Crippen LogP contribution in [-0.2, 0) is 95.9 Å². The van der Waals surface area contributed by atoms with E-state index in [9.17, 15) is 127 Å². The van der Waals surface area contributed by atoms with Gasteiger partial charge in [0.25, 0.3) is 0 Å². The molecular formula is C75H132N26O26S2. The van der Waals surface area contributed by atoms with Gasteiger partial charge in [-0.3, -0.25) is 101 Å². The summed E-state index contributed by atoms with van der Waals surface area (Å²) in [7, 11) is 0. The van der Waals surface area contributed by atoms with Crippen molar-refractivity contribution in [2.24, 2.45) is 79.5 Å². The minimum absolute atomic E-state index is 0.000968. The van der Waals surface area contributed by atoms with Crippen LogP contribution in [0.15, 0.2) is 9.98 Å². The number of hydrogen-bond donors (Lipinski definition) is 31. The quantitative estimate of drug-likeness (QED) is 0.0116. The lowest BCUT2D eigenvalue weighted by Gasteiger charge is -2.31. The third-order valence-corrected chi connectivity index (χ3v) is 21.1. The van der Waals surface area contributed by atoms with E-state index in [0.29, 0.717) is 0 Å². The molecule has 1 heterocycles. The number of guanidine groups is 2. The van der Waals surface area contributed by atoms with Crippen LogP contribution < -0.4 is 126 Å². The Morgan fingerprint density at radius 2 is 0.698 bits per heavy atom. The van der Waals surface area contributed by atoms with Crippen molar-refractivity contribution in [3.63, 3.8) is 0 Å². The molecule has 21 atom stereocenters. The predicted octanol–water partition coefficient (Wildman–Crippen LogP) is -14.2.